The summed E-state index contributed by atoms with van der Waals surface area (Å²) in [4.78, 5) is 0. The van der Waals surface area contributed by atoms with Crippen molar-refractivity contribution in [2.24, 2.45) is 16.7 Å². The maximum atomic E-state index is 2.46. The molecular formula is C11H23B. The summed E-state index contributed by atoms with van der Waals surface area (Å²) in [6.45, 7) is 9.73. The molecule has 1 rings (SSSR count). The second kappa shape index (κ2) is 3.08. The molecule has 0 aromatic heterocycles. The molecule has 0 N–H and O–H groups in total. The second-order valence-electron chi connectivity index (χ2n) is 6.02. The van der Waals surface area contributed by atoms with Gasteiger partial charge in [-0.3, -0.25) is 0 Å². The highest BCUT2D eigenvalue weighted by molar-refractivity contribution is 6.08. The molecule has 0 saturated heterocycles. The average Bonchev–Trinajstić information content (AvgIpc) is 1.82. The van der Waals surface area contributed by atoms with Crippen molar-refractivity contribution in [2.45, 2.75) is 53.3 Å². The van der Waals surface area contributed by atoms with E-state index in [1.165, 1.54) is 25.6 Å². The molecule has 0 aromatic rings. The molecule has 12 heavy (non-hydrogen) atoms. The van der Waals surface area contributed by atoms with Crippen molar-refractivity contribution in [1.29, 1.82) is 0 Å². The SMILES string of the molecule is BCC1(C)CC(C)CC(C)(C)C1. The van der Waals surface area contributed by atoms with E-state index in [-0.39, 0.29) is 0 Å². The highest BCUT2D eigenvalue weighted by Crippen LogP contribution is 2.49. The molecule has 1 heteroatoms. The van der Waals surface area contributed by atoms with Crippen LogP contribution in [0.2, 0.25) is 6.32 Å². The van der Waals surface area contributed by atoms with Crippen LogP contribution in [0.1, 0.15) is 47.0 Å². The van der Waals surface area contributed by atoms with Crippen molar-refractivity contribution in [3.63, 3.8) is 0 Å². The Morgan fingerprint density at radius 2 is 1.83 bits per heavy atom. The molecule has 1 aliphatic rings. The fraction of sp³-hybridized carbons (Fsp3) is 1.00. The average molecular weight is 166 g/mol. The predicted molar refractivity (Wildman–Crippen MR) is 58.3 cm³/mol. The maximum Gasteiger partial charge on any atom is 0.102 e. The molecule has 1 aliphatic carbocycles. The lowest BCUT2D eigenvalue weighted by Gasteiger charge is -2.45. The van der Waals surface area contributed by atoms with E-state index < -0.39 is 0 Å². The van der Waals surface area contributed by atoms with Gasteiger partial charge in [-0.25, -0.2) is 0 Å². The molecule has 0 nitrogen and oxygen atoms in total. The highest BCUT2D eigenvalue weighted by Gasteiger charge is 2.38. The molecule has 0 heterocycles. The van der Waals surface area contributed by atoms with Crippen LogP contribution < -0.4 is 0 Å². The Balaban J connectivity index is 2.70. The molecule has 1 saturated carbocycles. The molecule has 0 aromatic carbocycles. The van der Waals surface area contributed by atoms with E-state index in [1.54, 1.807) is 0 Å². The molecule has 0 bridgehead atoms. The van der Waals surface area contributed by atoms with Gasteiger partial charge in [-0.2, -0.15) is 0 Å². The molecule has 0 spiro atoms. The first-order valence-electron chi connectivity index (χ1n) is 5.37. The minimum absolute atomic E-state index is 0.586. The van der Waals surface area contributed by atoms with Crippen molar-refractivity contribution in [3.05, 3.63) is 0 Å². The number of hydrogen-bond acceptors (Lipinski definition) is 0. The van der Waals surface area contributed by atoms with Crippen LogP contribution >= 0.6 is 0 Å². The highest BCUT2D eigenvalue weighted by atomic mass is 14.4. The summed E-state index contributed by atoms with van der Waals surface area (Å²) in [7, 11) is 2.34. The third-order valence-electron chi connectivity index (χ3n) is 3.50. The Hall–Kier alpha value is 0.0649. The van der Waals surface area contributed by atoms with Crippen LogP contribution in [-0.2, 0) is 0 Å². The topological polar surface area (TPSA) is 0 Å². The summed E-state index contributed by atoms with van der Waals surface area (Å²) in [6.07, 6.45) is 5.62. The lowest BCUT2D eigenvalue weighted by atomic mass is 9.57. The second-order valence-corrected chi connectivity index (χ2v) is 6.02. The minimum Gasteiger partial charge on any atom is -0.0757 e. The Morgan fingerprint density at radius 3 is 2.25 bits per heavy atom. The Kier molecular flexibility index (Phi) is 2.61. The lowest BCUT2D eigenvalue weighted by molar-refractivity contribution is 0.0758. The first kappa shape index (κ1) is 10.1. The van der Waals surface area contributed by atoms with Crippen LogP contribution in [0, 0.1) is 16.7 Å². The monoisotopic (exact) mass is 166 g/mol. The Labute approximate surface area is 78.5 Å². The zero-order valence-electron chi connectivity index (χ0n) is 9.41. The minimum atomic E-state index is 0.586. The van der Waals surface area contributed by atoms with E-state index in [4.69, 9.17) is 0 Å². The van der Waals surface area contributed by atoms with Gasteiger partial charge in [0.05, 0.1) is 0 Å². The molecule has 1 fully saturated rings. The van der Waals surface area contributed by atoms with E-state index in [2.05, 4.69) is 35.5 Å². The maximum absolute atomic E-state index is 2.46. The summed E-state index contributed by atoms with van der Waals surface area (Å²) < 4.78 is 0. The predicted octanol–water partition coefficient (Wildman–Crippen LogP) is 2.89. The third kappa shape index (κ3) is 2.28. The molecule has 70 valence electrons. The molecule has 0 aliphatic heterocycles. The van der Waals surface area contributed by atoms with E-state index in [1.807, 2.05) is 0 Å². The van der Waals surface area contributed by atoms with Crippen LogP contribution in [0.4, 0.5) is 0 Å². The van der Waals surface area contributed by atoms with Gasteiger partial charge in [0.2, 0.25) is 0 Å². The van der Waals surface area contributed by atoms with E-state index >= 15 is 0 Å². The third-order valence-corrected chi connectivity index (χ3v) is 3.50. The largest absolute Gasteiger partial charge is 0.102 e. The lowest BCUT2D eigenvalue weighted by Crippen LogP contribution is -2.34. The fourth-order valence-corrected chi connectivity index (χ4v) is 3.43. The Bertz CT molecular complexity index is 162. The standard InChI is InChI=1S/C11H23B/c1-9-5-10(2,3)7-11(4,6-9)8-12/h9H,5-8,12H2,1-4H3. The van der Waals surface area contributed by atoms with Crippen molar-refractivity contribution in [1.82, 2.24) is 0 Å². The van der Waals surface area contributed by atoms with Crippen LogP contribution in [0.15, 0.2) is 0 Å². The van der Waals surface area contributed by atoms with Gasteiger partial charge < -0.3 is 0 Å². The number of rotatable bonds is 1. The van der Waals surface area contributed by atoms with Crippen molar-refractivity contribution in [3.8, 4) is 0 Å². The number of hydrogen-bond donors (Lipinski definition) is 0. The van der Waals surface area contributed by atoms with Gasteiger partial charge in [-0.15, -0.1) is 0 Å². The summed E-state index contributed by atoms with van der Waals surface area (Å²) in [5.41, 5.74) is 1.21. The molecule has 0 radical (unpaired) electrons. The van der Waals surface area contributed by atoms with E-state index in [0.717, 1.165) is 5.92 Å². The zero-order chi connectivity index (χ0) is 9.41. The van der Waals surface area contributed by atoms with Crippen molar-refractivity contribution in [2.75, 3.05) is 0 Å². The van der Waals surface area contributed by atoms with Gasteiger partial charge in [0, 0.05) is 0 Å². The first-order valence-corrected chi connectivity index (χ1v) is 5.37. The van der Waals surface area contributed by atoms with E-state index in [0.29, 0.717) is 10.8 Å². The van der Waals surface area contributed by atoms with Crippen LogP contribution in [0.5, 0.6) is 0 Å². The van der Waals surface area contributed by atoms with Gasteiger partial charge in [0.15, 0.2) is 0 Å². The molecule has 0 amide bonds. The van der Waals surface area contributed by atoms with Gasteiger partial charge in [-0.05, 0) is 36.0 Å². The Morgan fingerprint density at radius 1 is 1.25 bits per heavy atom. The van der Waals surface area contributed by atoms with Gasteiger partial charge in [0.25, 0.3) is 0 Å². The van der Waals surface area contributed by atoms with Crippen LogP contribution in [-0.4, -0.2) is 7.85 Å². The smallest absolute Gasteiger partial charge is 0.0757 e. The van der Waals surface area contributed by atoms with E-state index in [9.17, 15) is 0 Å². The van der Waals surface area contributed by atoms with Crippen molar-refractivity contribution >= 4 is 7.85 Å². The van der Waals surface area contributed by atoms with Crippen LogP contribution in [0.3, 0.4) is 0 Å². The normalized spacial score (nSPS) is 41.2. The molecular weight excluding hydrogens is 143 g/mol. The first-order chi connectivity index (χ1) is 5.37. The summed E-state index contributed by atoms with van der Waals surface area (Å²) in [5.74, 6) is 0.929. The quantitative estimate of drug-likeness (QED) is 0.525. The zero-order valence-corrected chi connectivity index (χ0v) is 9.41. The summed E-state index contributed by atoms with van der Waals surface area (Å²) in [5, 5.41) is 0. The molecule has 2 unspecified atom stereocenters. The van der Waals surface area contributed by atoms with Crippen molar-refractivity contribution < 1.29 is 0 Å². The summed E-state index contributed by atoms with van der Waals surface area (Å²) >= 11 is 0. The summed E-state index contributed by atoms with van der Waals surface area (Å²) in [6, 6.07) is 0. The molecule has 2 atom stereocenters. The van der Waals surface area contributed by atoms with Gasteiger partial charge in [0.1, 0.15) is 7.85 Å². The fourth-order valence-electron chi connectivity index (χ4n) is 3.43. The van der Waals surface area contributed by atoms with Crippen LogP contribution in [0.25, 0.3) is 0 Å². The van der Waals surface area contributed by atoms with Gasteiger partial charge >= 0.3 is 0 Å². The van der Waals surface area contributed by atoms with Gasteiger partial charge in [-0.1, -0.05) is 34.0 Å².